The third-order valence-electron chi connectivity index (χ3n) is 4.77. The van der Waals surface area contributed by atoms with Gasteiger partial charge in [-0.05, 0) is 23.7 Å². The minimum absolute atomic E-state index is 0.476. The summed E-state index contributed by atoms with van der Waals surface area (Å²) in [6.45, 7) is 17.2. The second-order valence-corrected chi connectivity index (χ2v) is 9.31. The van der Waals surface area contributed by atoms with Crippen LogP contribution in [0.15, 0.2) is 0 Å². The highest BCUT2D eigenvalue weighted by molar-refractivity contribution is 4.84. The fourth-order valence-electron chi connectivity index (χ4n) is 3.75. The van der Waals surface area contributed by atoms with E-state index in [0.717, 1.165) is 11.8 Å². The maximum absolute atomic E-state index is 2.44. The van der Waals surface area contributed by atoms with Gasteiger partial charge in [-0.2, -0.15) is 0 Å². The molecule has 2 atom stereocenters. The van der Waals surface area contributed by atoms with Gasteiger partial charge in [-0.15, -0.1) is 0 Å². The molecule has 1 fully saturated rings. The molecule has 0 amide bonds. The molecule has 1 saturated heterocycles. The zero-order valence-electron chi connectivity index (χ0n) is 14.1. The lowest BCUT2D eigenvalue weighted by molar-refractivity contribution is -0.880. The number of quaternary nitrogens is 1. The molecular weight excluding hydrogens is 218 g/mol. The van der Waals surface area contributed by atoms with Crippen LogP contribution in [0.5, 0.6) is 0 Å². The zero-order valence-corrected chi connectivity index (χ0v) is 14.1. The quantitative estimate of drug-likeness (QED) is 0.645. The van der Waals surface area contributed by atoms with Crippen LogP contribution in [0, 0.1) is 22.7 Å². The molecule has 0 aliphatic carbocycles. The Morgan fingerprint density at radius 1 is 0.889 bits per heavy atom. The van der Waals surface area contributed by atoms with Crippen molar-refractivity contribution in [2.24, 2.45) is 22.7 Å². The van der Waals surface area contributed by atoms with Gasteiger partial charge in [0.2, 0.25) is 0 Å². The van der Waals surface area contributed by atoms with Crippen LogP contribution in [-0.4, -0.2) is 31.7 Å². The minimum Gasteiger partial charge on any atom is -0.328 e. The average molecular weight is 254 g/mol. The molecule has 1 heterocycles. The summed E-state index contributed by atoms with van der Waals surface area (Å²) in [5.74, 6) is 1.85. The maximum atomic E-state index is 2.44. The van der Waals surface area contributed by atoms with Crippen molar-refractivity contribution >= 4 is 0 Å². The summed E-state index contributed by atoms with van der Waals surface area (Å²) >= 11 is 0. The van der Waals surface area contributed by atoms with Gasteiger partial charge < -0.3 is 4.48 Å². The number of rotatable bonds is 4. The molecule has 0 radical (unpaired) electrons. The van der Waals surface area contributed by atoms with E-state index in [1.54, 1.807) is 0 Å². The summed E-state index contributed by atoms with van der Waals surface area (Å²) < 4.78 is 1.23. The first-order chi connectivity index (χ1) is 7.94. The highest BCUT2D eigenvalue weighted by atomic mass is 15.3. The van der Waals surface area contributed by atoms with Crippen molar-refractivity contribution in [3.05, 3.63) is 0 Å². The number of hydrogen-bond acceptors (Lipinski definition) is 0. The largest absolute Gasteiger partial charge is 0.328 e. The molecule has 1 aliphatic rings. The zero-order chi connectivity index (χ0) is 14.2. The molecule has 1 nitrogen and oxygen atoms in total. The Hall–Kier alpha value is -0.0400. The summed E-state index contributed by atoms with van der Waals surface area (Å²) in [6.07, 6.45) is 4.10. The first-order valence-electron chi connectivity index (χ1n) is 7.76. The van der Waals surface area contributed by atoms with E-state index < -0.39 is 0 Å². The van der Waals surface area contributed by atoms with Crippen molar-refractivity contribution in [1.29, 1.82) is 0 Å². The summed E-state index contributed by atoms with van der Waals surface area (Å²) in [7, 11) is 4.82. The molecule has 0 N–H and O–H groups in total. The van der Waals surface area contributed by atoms with Crippen molar-refractivity contribution in [1.82, 2.24) is 0 Å². The van der Waals surface area contributed by atoms with Crippen LogP contribution >= 0.6 is 0 Å². The molecule has 18 heavy (non-hydrogen) atoms. The standard InChI is InChI=1S/C17H36N/c1-9-17(5,6)11-15-13-18(7,8)12-14(15)10-16(2,3)4/h14-15H,9-13H2,1-8H3/q+1. The summed E-state index contributed by atoms with van der Waals surface area (Å²) in [5, 5.41) is 0. The van der Waals surface area contributed by atoms with Gasteiger partial charge in [0.15, 0.2) is 0 Å². The molecule has 1 rings (SSSR count). The third-order valence-corrected chi connectivity index (χ3v) is 4.77. The van der Waals surface area contributed by atoms with E-state index in [1.807, 2.05) is 0 Å². The van der Waals surface area contributed by atoms with Gasteiger partial charge in [-0.3, -0.25) is 0 Å². The van der Waals surface area contributed by atoms with Gasteiger partial charge in [0, 0.05) is 11.8 Å². The fraction of sp³-hybridized carbons (Fsp3) is 1.00. The molecule has 0 aromatic carbocycles. The lowest BCUT2D eigenvalue weighted by Gasteiger charge is -2.30. The smallest absolute Gasteiger partial charge is 0.0816 e. The molecule has 0 saturated carbocycles. The molecule has 0 aromatic heterocycles. The summed E-state index contributed by atoms with van der Waals surface area (Å²) in [5.41, 5.74) is 0.995. The van der Waals surface area contributed by atoms with E-state index in [1.165, 1.54) is 36.8 Å². The Kier molecular flexibility index (Phi) is 4.58. The Bertz CT molecular complexity index is 270. The van der Waals surface area contributed by atoms with E-state index in [4.69, 9.17) is 0 Å². The van der Waals surface area contributed by atoms with Gasteiger partial charge in [-0.25, -0.2) is 0 Å². The monoisotopic (exact) mass is 254 g/mol. The fourth-order valence-corrected chi connectivity index (χ4v) is 3.75. The van der Waals surface area contributed by atoms with Crippen molar-refractivity contribution in [3.63, 3.8) is 0 Å². The predicted octanol–water partition coefficient (Wildman–Crippen LogP) is 4.57. The van der Waals surface area contributed by atoms with Crippen LogP contribution in [0.4, 0.5) is 0 Å². The summed E-state index contributed by atoms with van der Waals surface area (Å²) in [6, 6.07) is 0. The Labute approximate surface area is 116 Å². The molecule has 0 bridgehead atoms. The minimum atomic E-state index is 0.476. The number of hydrogen-bond donors (Lipinski definition) is 0. The van der Waals surface area contributed by atoms with Crippen LogP contribution < -0.4 is 0 Å². The first-order valence-corrected chi connectivity index (χ1v) is 7.76. The predicted molar refractivity (Wildman–Crippen MR) is 81.6 cm³/mol. The maximum Gasteiger partial charge on any atom is 0.0816 e. The normalized spacial score (nSPS) is 28.7. The second kappa shape index (κ2) is 5.15. The Morgan fingerprint density at radius 3 is 1.72 bits per heavy atom. The van der Waals surface area contributed by atoms with Gasteiger partial charge >= 0.3 is 0 Å². The van der Waals surface area contributed by atoms with E-state index in [0.29, 0.717) is 10.8 Å². The van der Waals surface area contributed by atoms with Crippen LogP contribution in [0.3, 0.4) is 0 Å². The average Bonchev–Trinajstić information content (AvgIpc) is 2.37. The van der Waals surface area contributed by atoms with Crippen molar-refractivity contribution in [2.75, 3.05) is 27.2 Å². The van der Waals surface area contributed by atoms with Crippen molar-refractivity contribution < 1.29 is 4.48 Å². The van der Waals surface area contributed by atoms with E-state index in [2.05, 4.69) is 55.6 Å². The van der Waals surface area contributed by atoms with E-state index in [9.17, 15) is 0 Å². The van der Waals surface area contributed by atoms with Crippen molar-refractivity contribution in [3.8, 4) is 0 Å². The van der Waals surface area contributed by atoms with Gasteiger partial charge in [0.25, 0.3) is 0 Å². The lowest BCUT2D eigenvalue weighted by Crippen LogP contribution is -2.37. The topological polar surface area (TPSA) is 0 Å². The SMILES string of the molecule is CCC(C)(C)CC1C[N+](C)(C)CC1CC(C)(C)C. The Morgan fingerprint density at radius 2 is 1.33 bits per heavy atom. The molecule has 2 unspecified atom stereocenters. The molecule has 1 heteroatoms. The Balaban J connectivity index is 2.74. The van der Waals surface area contributed by atoms with E-state index in [-0.39, 0.29) is 0 Å². The van der Waals surface area contributed by atoms with Crippen molar-refractivity contribution in [2.45, 2.75) is 60.8 Å². The molecule has 1 aliphatic heterocycles. The van der Waals surface area contributed by atoms with Crippen LogP contribution in [0.2, 0.25) is 0 Å². The second-order valence-electron chi connectivity index (χ2n) is 9.31. The molecule has 0 spiro atoms. The van der Waals surface area contributed by atoms with Gasteiger partial charge in [0.05, 0.1) is 27.2 Å². The molecular formula is C17H36N+. The summed E-state index contributed by atoms with van der Waals surface area (Å²) in [4.78, 5) is 0. The van der Waals surface area contributed by atoms with Gasteiger partial charge in [0.1, 0.15) is 0 Å². The third kappa shape index (κ3) is 4.91. The van der Waals surface area contributed by atoms with Crippen LogP contribution in [-0.2, 0) is 0 Å². The lowest BCUT2D eigenvalue weighted by atomic mass is 9.73. The highest BCUT2D eigenvalue weighted by Crippen LogP contribution is 2.42. The van der Waals surface area contributed by atoms with E-state index >= 15 is 0 Å². The van der Waals surface area contributed by atoms with Crippen LogP contribution in [0.25, 0.3) is 0 Å². The molecule has 108 valence electrons. The molecule has 0 aromatic rings. The first kappa shape index (κ1) is 16.0. The van der Waals surface area contributed by atoms with Gasteiger partial charge in [-0.1, -0.05) is 48.0 Å². The number of likely N-dealkylation sites (tertiary alicyclic amines) is 1. The highest BCUT2D eigenvalue weighted by Gasteiger charge is 2.43. The number of nitrogens with zero attached hydrogens (tertiary/aromatic N) is 1. The van der Waals surface area contributed by atoms with Crippen LogP contribution in [0.1, 0.15) is 60.8 Å².